The van der Waals surface area contributed by atoms with Crippen LogP contribution in [-0.2, 0) is 0 Å². The van der Waals surface area contributed by atoms with Gasteiger partial charge < -0.3 is 4.90 Å². The minimum Gasteiger partial charge on any atom is -0.312 e. The van der Waals surface area contributed by atoms with E-state index in [2.05, 4.69) is 13.8 Å². The minimum absolute atomic E-state index is 1.37. The van der Waals surface area contributed by atoms with Gasteiger partial charge in [-0.2, -0.15) is 0 Å². The van der Waals surface area contributed by atoms with E-state index in [1.54, 1.807) is 0 Å². The Kier molecular flexibility index (Phi) is 19.9. The predicted molar refractivity (Wildman–Crippen MR) is 77.1 cm³/mol. The summed E-state index contributed by atoms with van der Waals surface area (Å²) in [6, 6.07) is 0. The first-order valence-electron chi connectivity index (χ1n) is 7.26. The molecule has 0 aromatic carbocycles. The summed E-state index contributed by atoms with van der Waals surface area (Å²) in [6.45, 7) is 4.56. The molecule has 0 amide bonds. The first-order chi connectivity index (χ1) is 7.65. The highest BCUT2D eigenvalue weighted by atomic mass is 15.0. The highest BCUT2D eigenvalue weighted by Gasteiger charge is 1.90. The van der Waals surface area contributed by atoms with Gasteiger partial charge in [-0.25, -0.2) is 0 Å². The fraction of sp³-hybridized carbons (Fsp3) is 1.00. The van der Waals surface area contributed by atoms with Crippen molar-refractivity contribution in [2.24, 2.45) is 0 Å². The molecular formula is C15H35N. The smallest absolute Gasteiger partial charge is 0.0140 e. The molecule has 0 aliphatic carbocycles. The quantitative estimate of drug-likeness (QED) is 0.497. The molecule has 0 unspecified atom stereocenters. The van der Waals surface area contributed by atoms with Gasteiger partial charge in [0.05, 0.1) is 0 Å². The maximum atomic E-state index is 2.28. The molecule has 0 rings (SSSR count). The third-order valence-electron chi connectivity index (χ3n) is 2.46. The van der Waals surface area contributed by atoms with Gasteiger partial charge in [-0.3, -0.25) is 0 Å². The van der Waals surface area contributed by atoms with E-state index in [1.807, 2.05) is 26.0 Å². The fourth-order valence-corrected chi connectivity index (χ4v) is 1.56. The van der Waals surface area contributed by atoms with Crippen LogP contribution >= 0.6 is 0 Å². The first kappa shape index (κ1) is 18.3. The maximum absolute atomic E-state index is 2.28. The fourth-order valence-electron chi connectivity index (χ4n) is 1.56. The van der Waals surface area contributed by atoms with Crippen molar-refractivity contribution in [2.75, 3.05) is 21.1 Å². The van der Waals surface area contributed by atoms with Crippen LogP contribution in [0.2, 0.25) is 0 Å². The van der Waals surface area contributed by atoms with Gasteiger partial charge >= 0.3 is 0 Å². The molecule has 0 aromatic rings. The molecule has 0 saturated carbocycles. The van der Waals surface area contributed by atoms with E-state index >= 15 is 0 Å². The molecule has 1 heteroatoms. The van der Waals surface area contributed by atoms with Crippen molar-refractivity contribution in [1.29, 1.82) is 0 Å². The Morgan fingerprint density at radius 2 is 0.688 bits per heavy atom. The molecule has 0 radical (unpaired) electrons. The Hall–Kier alpha value is -0.0400. The molecule has 100 valence electrons. The second kappa shape index (κ2) is 17.4. The van der Waals surface area contributed by atoms with Gasteiger partial charge in [0.15, 0.2) is 0 Å². The van der Waals surface area contributed by atoms with E-state index in [4.69, 9.17) is 0 Å². The van der Waals surface area contributed by atoms with Crippen molar-refractivity contribution in [1.82, 2.24) is 4.90 Å². The van der Waals surface area contributed by atoms with Gasteiger partial charge in [0.25, 0.3) is 0 Å². The van der Waals surface area contributed by atoms with Crippen LogP contribution in [0.4, 0.5) is 0 Å². The van der Waals surface area contributed by atoms with E-state index in [0.717, 1.165) is 0 Å². The number of hydrogen-bond acceptors (Lipinski definition) is 1. The van der Waals surface area contributed by atoms with Crippen LogP contribution in [0.5, 0.6) is 0 Å². The standard InChI is InChI=1S/C12H26.C3H9N/c1-3-5-7-9-11-12-10-8-6-4-2;1-4(2)3/h3-12H2,1-2H3;1-3H3. The number of rotatable bonds is 9. The highest BCUT2D eigenvalue weighted by molar-refractivity contribution is 4.45. The van der Waals surface area contributed by atoms with Gasteiger partial charge in [0.2, 0.25) is 0 Å². The summed E-state index contributed by atoms with van der Waals surface area (Å²) in [4.78, 5) is 2.00. The second-order valence-electron chi connectivity index (χ2n) is 5.17. The molecule has 0 bridgehead atoms. The largest absolute Gasteiger partial charge is 0.312 e. The molecule has 1 nitrogen and oxygen atoms in total. The summed E-state index contributed by atoms with van der Waals surface area (Å²) in [6.07, 6.45) is 14.4. The number of hydrogen-bond donors (Lipinski definition) is 0. The predicted octanol–water partition coefficient (Wildman–Crippen LogP) is 5.11. The topological polar surface area (TPSA) is 3.24 Å². The zero-order chi connectivity index (χ0) is 12.6. The molecule has 0 saturated heterocycles. The van der Waals surface area contributed by atoms with Crippen molar-refractivity contribution in [3.05, 3.63) is 0 Å². The number of nitrogens with zero attached hydrogens (tertiary/aromatic N) is 1. The molecule has 0 fully saturated rings. The van der Waals surface area contributed by atoms with Gasteiger partial charge in [-0.05, 0) is 21.1 Å². The molecule has 0 atom stereocenters. The summed E-state index contributed by atoms with van der Waals surface area (Å²) >= 11 is 0. The molecule has 0 aliphatic heterocycles. The van der Waals surface area contributed by atoms with Crippen molar-refractivity contribution in [2.45, 2.75) is 78.1 Å². The lowest BCUT2D eigenvalue weighted by atomic mass is 10.1. The van der Waals surface area contributed by atoms with E-state index < -0.39 is 0 Å². The maximum Gasteiger partial charge on any atom is -0.0140 e. The van der Waals surface area contributed by atoms with Gasteiger partial charge in [0.1, 0.15) is 0 Å². The van der Waals surface area contributed by atoms with Gasteiger partial charge in [0, 0.05) is 0 Å². The van der Waals surface area contributed by atoms with Crippen molar-refractivity contribution in [3.63, 3.8) is 0 Å². The highest BCUT2D eigenvalue weighted by Crippen LogP contribution is 2.09. The normalized spacial score (nSPS) is 10.1. The van der Waals surface area contributed by atoms with Crippen molar-refractivity contribution in [3.8, 4) is 0 Å². The Labute approximate surface area is 105 Å². The lowest BCUT2D eigenvalue weighted by Gasteiger charge is -1.99. The van der Waals surface area contributed by atoms with Crippen LogP contribution in [0.1, 0.15) is 78.1 Å². The van der Waals surface area contributed by atoms with Crippen LogP contribution in [0.3, 0.4) is 0 Å². The summed E-state index contributed by atoms with van der Waals surface area (Å²) in [5, 5.41) is 0. The molecule has 0 N–H and O–H groups in total. The first-order valence-corrected chi connectivity index (χ1v) is 7.26. The van der Waals surface area contributed by atoms with E-state index in [1.165, 1.54) is 64.2 Å². The Morgan fingerprint density at radius 1 is 0.500 bits per heavy atom. The van der Waals surface area contributed by atoms with Crippen LogP contribution in [0, 0.1) is 0 Å². The number of unbranched alkanes of at least 4 members (excludes halogenated alkanes) is 9. The average molecular weight is 229 g/mol. The Morgan fingerprint density at radius 3 is 0.875 bits per heavy atom. The minimum atomic E-state index is 1.37. The molecular weight excluding hydrogens is 194 g/mol. The van der Waals surface area contributed by atoms with Crippen molar-refractivity contribution >= 4 is 0 Å². The average Bonchev–Trinajstić information content (AvgIpc) is 2.21. The summed E-state index contributed by atoms with van der Waals surface area (Å²) < 4.78 is 0. The summed E-state index contributed by atoms with van der Waals surface area (Å²) in [7, 11) is 6.00. The van der Waals surface area contributed by atoms with E-state index in [-0.39, 0.29) is 0 Å². The lowest BCUT2D eigenvalue weighted by molar-refractivity contribution is 0.505. The second-order valence-corrected chi connectivity index (χ2v) is 5.17. The SMILES string of the molecule is CCCCCCCCCCCC.CN(C)C. The zero-order valence-corrected chi connectivity index (χ0v) is 12.5. The van der Waals surface area contributed by atoms with Crippen LogP contribution in [0.25, 0.3) is 0 Å². The summed E-state index contributed by atoms with van der Waals surface area (Å²) in [5.41, 5.74) is 0. The lowest BCUT2D eigenvalue weighted by Crippen LogP contribution is -1.99. The Balaban J connectivity index is 0. The third kappa shape index (κ3) is 29.2. The van der Waals surface area contributed by atoms with E-state index in [0.29, 0.717) is 0 Å². The molecule has 16 heavy (non-hydrogen) atoms. The monoisotopic (exact) mass is 229 g/mol. The molecule has 0 aliphatic rings. The van der Waals surface area contributed by atoms with Crippen molar-refractivity contribution < 1.29 is 0 Å². The third-order valence-corrected chi connectivity index (χ3v) is 2.46. The Bertz CT molecular complexity index is 86.9. The molecule has 0 aromatic heterocycles. The van der Waals surface area contributed by atoms with Crippen LogP contribution in [0.15, 0.2) is 0 Å². The molecule has 0 heterocycles. The summed E-state index contributed by atoms with van der Waals surface area (Å²) in [5.74, 6) is 0. The molecule has 0 spiro atoms. The van der Waals surface area contributed by atoms with Crippen LogP contribution < -0.4 is 0 Å². The van der Waals surface area contributed by atoms with Crippen LogP contribution in [-0.4, -0.2) is 26.0 Å². The zero-order valence-electron chi connectivity index (χ0n) is 12.5. The van der Waals surface area contributed by atoms with E-state index in [9.17, 15) is 0 Å². The van der Waals surface area contributed by atoms with Gasteiger partial charge in [-0.1, -0.05) is 78.1 Å². The van der Waals surface area contributed by atoms with Gasteiger partial charge in [-0.15, -0.1) is 0 Å².